The summed E-state index contributed by atoms with van der Waals surface area (Å²) in [5.74, 6) is 1.94. The maximum atomic E-state index is 14.3. The molecule has 0 aromatic heterocycles. The van der Waals surface area contributed by atoms with Crippen LogP contribution in [0.15, 0.2) is 0 Å². The molecule has 26 heavy (non-hydrogen) atoms. The molecule has 2 aliphatic carbocycles. The first-order valence-electron chi connectivity index (χ1n) is 10.7. The Balaban J connectivity index is 1.30. The molecule has 2 aliphatic heterocycles. The Hall–Kier alpha value is -0.720. The zero-order valence-corrected chi connectivity index (χ0v) is 16.0. The van der Waals surface area contributed by atoms with Crippen LogP contribution in [-0.4, -0.2) is 50.0 Å². The van der Waals surface area contributed by atoms with Gasteiger partial charge in [-0.2, -0.15) is 0 Å². The molecule has 1 amide bonds. The molecule has 0 bridgehead atoms. The third-order valence-electron chi connectivity index (χ3n) is 7.45. The predicted molar refractivity (Wildman–Crippen MR) is 100 cm³/mol. The van der Waals surface area contributed by atoms with Crippen LogP contribution in [0.4, 0.5) is 4.39 Å². The van der Waals surface area contributed by atoms with E-state index < -0.39 is 6.17 Å². The lowest BCUT2D eigenvalue weighted by Crippen LogP contribution is -2.51. The molecule has 5 nitrogen and oxygen atoms in total. The van der Waals surface area contributed by atoms with Crippen LogP contribution in [0.1, 0.15) is 51.9 Å². The summed E-state index contributed by atoms with van der Waals surface area (Å²) in [6.07, 6.45) is 6.13. The molecular formula is C20H35FN4O. The van der Waals surface area contributed by atoms with E-state index in [1.807, 2.05) is 0 Å². The van der Waals surface area contributed by atoms with Crippen LogP contribution in [0, 0.1) is 23.7 Å². The van der Waals surface area contributed by atoms with Crippen LogP contribution in [-0.2, 0) is 4.79 Å². The quantitative estimate of drug-likeness (QED) is 0.612. The number of hydrogen-bond donors (Lipinski definition) is 4. The summed E-state index contributed by atoms with van der Waals surface area (Å²) in [6, 6.07) is 0.251. The normalized spacial score (nSPS) is 44.5. The smallest absolute Gasteiger partial charge is 0.237 e. The number of halogens is 1. The monoisotopic (exact) mass is 366 g/mol. The number of rotatable bonds is 3. The van der Waals surface area contributed by atoms with Gasteiger partial charge >= 0.3 is 0 Å². The summed E-state index contributed by atoms with van der Waals surface area (Å²) < 4.78 is 14.3. The molecule has 4 rings (SSSR count). The summed E-state index contributed by atoms with van der Waals surface area (Å²) in [6.45, 7) is 5.27. The average Bonchev–Trinajstić information content (AvgIpc) is 3.13. The van der Waals surface area contributed by atoms with Gasteiger partial charge in [0.15, 0.2) is 0 Å². The maximum Gasteiger partial charge on any atom is 0.237 e. The maximum absolute atomic E-state index is 14.3. The number of hydrogen-bond acceptors (Lipinski definition) is 4. The lowest BCUT2D eigenvalue weighted by atomic mass is 9.77. The average molecular weight is 367 g/mol. The van der Waals surface area contributed by atoms with Crippen LogP contribution < -0.4 is 21.3 Å². The van der Waals surface area contributed by atoms with Crippen molar-refractivity contribution in [2.75, 3.05) is 19.8 Å². The molecule has 7 atom stereocenters. The first-order chi connectivity index (χ1) is 12.6. The van der Waals surface area contributed by atoms with Gasteiger partial charge in [0.2, 0.25) is 5.91 Å². The van der Waals surface area contributed by atoms with Gasteiger partial charge in [0.1, 0.15) is 6.17 Å². The van der Waals surface area contributed by atoms with Gasteiger partial charge in [-0.1, -0.05) is 13.3 Å². The van der Waals surface area contributed by atoms with E-state index in [2.05, 4.69) is 28.2 Å². The highest BCUT2D eigenvalue weighted by atomic mass is 19.1. The van der Waals surface area contributed by atoms with E-state index in [0.717, 1.165) is 39.0 Å². The molecular weight excluding hydrogens is 331 g/mol. The Bertz CT molecular complexity index is 480. The van der Waals surface area contributed by atoms with E-state index in [0.29, 0.717) is 30.6 Å². The third-order valence-corrected chi connectivity index (χ3v) is 7.45. The van der Waals surface area contributed by atoms with Crippen LogP contribution in [0.2, 0.25) is 0 Å². The van der Waals surface area contributed by atoms with Crippen molar-refractivity contribution in [1.82, 2.24) is 21.3 Å². The van der Waals surface area contributed by atoms with Crippen molar-refractivity contribution in [3.63, 3.8) is 0 Å². The highest BCUT2D eigenvalue weighted by Crippen LogP contribution is 2.39. The minimum Gasteiger partial charge on any atom is -0.352 e. The van der Waals surface area contributed by atoms with E-state index in [1.165, 1.54) is 12.8 Å². The SMILES string of the molecule is CC1CCC(F)C2CC(C(=O)N[C@@H]3CCC[C@H](C4CNCNC4)C3)NC12. The largest absolute Gasteiger partial charge is 0.352 e. The van der Waals surface area contributed by atoms with Crippen LogP contribution in [0.5, 0.6) is 0 Å². The van der Waals surface area contributed by atoms with Gasteiger partial charge in [-0.05, 0) is 56.3 Å². The fourth-order valence-corrected chi connectivity index (χ4v) is 5.90. The van der Waals surface area contributed by atoms with Crippen LogP contribution in [0.25, 0.3) is 0 Å². The number of fused-ring (bicyclic) bond motifs is 1. The molecule has 148 valence electrons. The molecule has 4 fully saturated rings. The lowest BCUT2D eigenvalue weighted by molar-refractivity contribution is -0.124. The minimum atomic E-state index is -0.744. The van der Waals surface area contributed by atoms with Gasteiger partial charge in [-0.25, -0.2) is 4.39 Å². The minimum absolute atomic E-state index is 0.0213. The van der Waals surface area contributed by atoms with Crippen molar-refractivity contribution in [2.45, 2.75) is 76.2 Å². The van der Waals surface area contributed by atoms with E-state index >= 15 is 0 Å². The first-order valence-corrected chi connectivity index (χ1v) is 10.7. The zero-order chi connectivity index (χ0) is 18.1. The second-order valence-electron chi connectivity index (χ2n) is 9.19. The number of carbonyl (C=O) groups excluding carboxylic acids is 1. The molecule has 0 radical (unpaired) electrons. The molecule has 2 saturated carbocycles. The van der Waals surface area contributed by atoms with Crippen LogP contribution in [0.3, 0.4) is 0 Å². The summed E-state index contributed by atoms with van der Waals surface area (Å²) in [5, 5.41) is 13.6. The van der Waals surface area contributed by atoms with E-state index in [1.54, 1.807) is 0 Å². The summed E-state index contributed by atoms with van der Waals surface area (Å²) in [7, 11) is 0. The van der Waals surface area contributed by atoms with Crippen molar-refractivity contribution >= 4 is 5.91 Å². The second kappa shape index (κ2) is 8.11. The van der Waals surface area contributed by atoms with E-state index in [9.17, 15) is 9.18 Å². The first kappa shape index (κ1) is 18.6. The highest BCUT2D eigenvalue weighted by molar-refractivity contribution is 5.82. The third kappa shape index (κ3) is 3.92. The van der Waals surface area contributed by atoms with Gasteiger partial charge in [0.25, 0.3) is 0 Å². The standard InChI is InChI=1S/C20H35FN4O/c1-12-5-6-17(21)16-8-18(25-19(12)16)20(26)24-15-4-2-3-13(7-15)14-9-22-11-23-10-14/h12-19,22-23,25H,2-11H2,1H3,(H,24,26)/t12?,13-,15+,16?,17?,18?,19?/m0/s1. The highest BCUT2D eigenvalue weighted by Gasteiger charge is 2.46. The van der Waals surface area contributed by atoms with Crippen molar-refractivity contribution < 1.29 is 9.18 Å². The van der Waals surface area contributed by atoms with Crippen LogP contribution >= 0.6 is 0 Å². The van der Waals surface area contributed by atoms with E-state index in [-0.39, 0.29) is 30.0 Å². The molecule has 4 aliphatic rings. The molecule has 2 saturated heterocycles. The Morgan fingerprint density at radius 3 is 2.62 bits per heavy atom. The van der Waals surface area contributed by atoms with Crippen molar-refractivity contribution in [3.8, 4) is 0 Å². The van der Waals surface area contributed by atoms with Gasteiger partial charge < -0.3 is 21.3 Å². The van der Waals surface area contributed by atoms with Crippen molar-refractivity contribution in [2.24, 2.45) is 23.7 Å². The molecule has 5 unspecified atom stereocenters. The number of alkyl halides is 1. The second-order valence-corrected chi connectivity index (χ2v) is 9.19. The molecule has 6 heteroatoms. The Morgan fingerprint density at radius 1 is 1.04 bits per heavy atom. The number of nitrogens with one attached hydrogen (secondary N) is 4. The number of amides is 1. The number of carbonyl (C=O) groups is 1. The molecule has 0 aromatic carbocycles. The fraction of sp³-hybridized carbons (Fsp3) is 0.950. The van der Waals surface area contributed by atoms with Crippen molar-refractivity contribution in [1.29, 1.82) is 0 Å². The van der Waals surface area contributed by atoms with Gasteiger partial charge in [0.05, 0.1) is 6.04 Å². The zero-order valence-electron chi connectivity index (χ0n) is 16.0. The molecule has 2 heterocycles. The molecule has 0 aromatic rings. The van der Waals surface area contributed by atoms with E-state index in [4.69, 9.17) is 0 Å². The lowest BCUT2D eigenvalue weighted by Gasteiger charge is -2.37. The van der Waals surface area contributed by atoms with Gasteiger partial charge in [-0.15, -0.1) is 0 Å². The summed E-state index contributed by atoms with van der Waals surface area (Å²) in [5.41, 5.74) is 0. The van der Waals surface area contributed by atoms with Gasteiger partial charge in [0, 0.05) is 37.8 Å². The molecule has 0 spiro atoms. The summed E-state index contributed by atoms with van der Waals surface area (Å²) in [4.78, 5) is 12.8. The predicted octanol–water partition coefficient (Wildman–Crippen LogP) is 1.54. The van der Waals surface area contributed by atoms with Gasteiger partial charge in [-0.3, -0.25) is 4.79 Å². The Labute approximate surface area is 156 Å². The fourth-order valence-electron chi connectivity index (χ4n) is 5.90. The Morgan fingerprint density at radius 2 is 1.85 bits per heavy atom. The summed E-state index contributed by atoms with van der Waals surface area (Å²) >= 11 is 0. The van der Waals surface area contributed by atoms with Crippen molar-refractivity contribution in [3.05, 3.63) is 0 Å². The Kier molecular flexibility index (Phi) is 5.81. The molecule has 4 N–H and O–H groups in total. The topological polar surface area (TPSA) is 65.2 Å².